The Hall–Kier alpha value is -3.52. The van der Waals surface area contributed by atoms with Crippen molar-refractivity contribution >= 4 is 5.91 Å². The fourth-order valence-corrected chi connectivity index (χ4v) is 5.14. The minimum Gasteiger partial charge on any atom is -0.493 e. The van der Waals surface area contributed by atoms with Gasteiger partial charge in [0.25, 0.3) is 5.91 Å². The number of pyridine rings is 1. The highest BCUT2D eigenvalue weighted by Gasteiger charge is 2.45. The van der Waals surface area contributed by atoms with Crippen LogP contribution in [0.25, 0.3) is 5.82 Å². The number of hydrogen-bond donors (Lipinski definition) is 0. The predicted molar refractivity (Wildman–Crippen MR) is 124 cm³/mol. The SMILES string of the molecule is COc1cc(C(=O)N2CCC3(CC2)Oc2cccnc2-n2cccc23)ccc1O[C@@H]1CCOC1. The number of methoxy groups -OCH3 is 1. The Morgan fingerprint density at radius 1 is 1.15 bits per heavy atom. The molecule has 2 saturated heterocycles. The quantitative estimate of drug-likeness (QED) is 0.591. The number of ether oxygens (including phenoxy) is 4. The molecule has 2 fully saturated rings. The smallest absolute Gasteiger partial charge is 0.253 e. The standard InChI is InChI=1S/C26H27N3O5/c1-31-22-16-18(6-7-20(22)33-19-8-15-32-17-19)25(30)28-13-9-26(10-14-28)23-5-3-12-29(23)24-21(34-26)4-2-11-27-24/h2-7,11-12,16,19H,8-10,13-15,17H2,1H3/t19-/m1/s1. The molecule has 0 aliphatic carbocycles. The van der Waals surface area contributed by atoms with E-state index in [0.717, 1.165) is 23.7 Å². The van der Waals surface area contributed by atoms with E-state index in [1.807, 2.05) is 41.4 Å². The van der Waals surface area contributed by atoms with Crippen molar-refractivity contribution < 1.29 is 23.7 Å². The molecule has 3 aromatic rings. The van der Waals surface area contributed by atoms with Gasteiger partial charge in [0.2, 0.25) is 0 Å². The average Bonchev–Trinajstić information content (AvgIpc) is 3.58. The van der Waals surface area contributed by atoms with Crippen molar-refractivity contribution in [3.8, 4) is 23.1 Å². The Kier molecular flexibility index (Phi) is 5.17. The summed E-state index contributed by atoms with van der Waals surface area (Å²) >= 11 is 0. The molecule has 1 aromatic carbocycles. The van der Waals surface area contributed by atoms with E-state index in [9.17, 15) is 4.79 Å². The van der Waals surface area contributed by atoms with Crippen LogP contribution in [0.1, 0.15) is 35.3 Å². The molecule has 34 heavy (non-hydrogen) atoms. The molecule has 0 saturated carbocycles. The van der Waals surface area contributed by atoms with Gasteiger partial charge in [-0.2, -0.15) is 0 Å². The zero-order valence-corrected chi connectivity index (χ0v) is 19.1. The summed E-state index contributed by atoms with van der Waals surface area (Å²) in [6.07, 6.45) is 6.08. The molecule has 0 radical (unpaired) electrons. The summed E-state index contributed by atoms with van der Waals surface area (Å²) in [5.74, 6) is 2.76. The highest BCUT2D eigenvalue weighted by atomic mass is 16.6. The number of aromatic nitrogens is 2. The summed E-state index contributed by atoms with van der Waals surface area (Å²) in [5.41, 5.74) is 1.21. The highest BCUT2D eigenvalue weighted by Crippen LogP contribution is 2.44. The van der Waals surface area contributed by atoms with Crippen LogP contribution >= 0.6 is 0 Å². The first-order valence-corrected chi connectivity index (χ1v) is 11.7. The second-order valence-electron chi connectivity index (χ2n) is 8.95. The van der Waals surface area contributed by atoms with Crippen LogP contribution in [0.5, 0.6) is 17.2 Å². The molecule has 8 heteroatoms. The third kappa shape index (κ3) is 3.49. The molecule has 0 N–H and O–H groups in total. The van der Waals surface area contributed by atoms with E-state index in [1.54, 1.807) is 19.4 Å². The van der Waals surface area contributed by atoms with Crippen LogP contribution in [-0.2, 0) is 10.3 Å². The number of hydrogen-bond acceptors (Lipinski definition) is 6. The van der Waals surface area contributed by atoms with Crippen LogP contribution in [0.3, 0.4) is 0 Å². The molecule has 1 spiro atoms. The van der Waals surface area contributed by atoms with Crippen molar-refractivity contribution in [2.45, 2.75) is 31.0 Å². The van der Waals surface area contributed by atoms with Gasteiger partial charge in [-0.05, 0) is 42.5 Å². The Morgan fingerprint density at radius 3 is 2.82 bits per heavy atom. The first-order valence-electron chi connectivity index (χ1n) is 11.7. The van der Waals surface area contributed by atoms with Crippen LogP contribution < -0.4 is 14.2 Å². The van der Waals surface area contributed by atoms with Crippen LogP contribution in [0.4, 0.5) is 0 Å². The van der Waals surface area contributed by atoms with Gasteiger partial charge in [-0.15, -0.1) is 0 Å². The van der Waals surface area contributed by atoms with E-state index in [4.69, 9.17) is 18.9 Å². The molecule has 6 rings (SSSR count). The van der Waals surface area contributed by atoms with E-state index in [1.165, 1.54) is 0 Å². The van der Waals surface area contributed by atoms with Gasteiger partial charge in [0.05, 0.1) is 26.0 Å². The van der Waals surface area contributed by atoms with Crippen LogP contribution in [0.15, 0.2) is 54.9 Å². The fourth-order valence-electron chi connectivity index (χ4n) is 5.14. The highest BCUT2D eigenvalue weighted by molar-refractivity contribution is 5.95. The van der Waals surface area contributed by atoms with Crippen molar-refractivity contribution in [1.82, 2.24) is 14.5 Å². The molecular weight excluding hydrogens is 434 g/mol. The van der Waals surface area contributed by atoms with Crippen molar-refractivity contribution in [1.29, 1.82) is 0 Å². The van der Waals surface area contributed by atoms with E-state index in [0.29, 0.717) is 56.2 Å². The maximum atomic E-state index is 13.3. The lowest BCUT2D eigenvalue weighted by molar-refractivity contribution is -0.00986. The Balaban J connectivity index is 1.19. The van der Waals surface area contributed by atoms with Gasteiger partial charge in [-0.3, -0.25) is 9.36 Å². The number of carbonyl (C=O) groups excluding carboxylic acids is 1. The Labute approximate surface area is 198 Å². The van der Waals surface area contributed by atoms with Crippen molar-refractivity contribution in [3.63, 3.8) is 0 Å². The summed E-state index contributed by atoms with van der Waals surface area (Å²) in [7, 11) is 1.59. The largest absolute Gasteiger partial charge is 0.493 e. The number of piperidine rings is 1. The first-order chi connectivity index (χ1) is 16.7. The molecule has 5 heterocycles. The molecule has 3 aliphatic rings. The number of likely N-dealkylation sites (tertiary alicyclic amines) is 1. The van der Waals surface area contributed by atoms with Crippen LogP contribution in [0, 0.1) is 0 Å². The number of nitrogens with zero attached hydrogens (tertiary/aromatic N) is 3. The summed E-state index contributed by atoms with van der Waals surface area (Å²) in [6, 6.07) is 13.4. The van der Waals surface area contributed by atoms with Gasteiger partial charge in [0, 0.05) is 50.3 Å². The van der Waals surface area contributed by atoms with Crippen LogP contribution in [0.2, 0.25) is 0 Å². The molecule has 2 aromatic heterocycles. The van der Waals surface area contributed by atoms with E-state index in [-0.39, 0.29) is 12.0 Å². The molecule has 1 atom stereocenters. The van der Waals surface area contributed by atoms with Gasteiger partial charge in [-0.25, -0.2) is 4.98 Å². The summed E-state index contributed by atoms with van der Waals surface area (Å²) in [4.78, 5) is 19.7. The monoisotopic (exact) mass is 461 g/mol. The molecular formula is C26H27N3O5. The second-order valence-corrected chi connectivity index (χ2v) is 8.95. The molecule has 0 bridgehead atoms. The first kappa shape index (κ1) is 21.0. The normalized spacial score (nSPS) is 20.4. The number of amides is 1. The van der Waals surface area contributed by atoms with E-state index in [2.05, 4.69) is 15.6 Å². The summed E-state index contributed by atoms with van der Waals surface area (Å²) < 4.78 is 25.5. The van der Waals surface area contributed by atoms with Gasteiger partial charge < -0.3 is 23.8 Å². The lowest BCUT2D eigenvalue weighted by atomic mass is 9.86. The zero-order chi connectivity index (χ0) is 23.1. The van der Waals surface area contributed by atoms with Crippen LogP contribution in [-0.4, -0.2) is 59.9 Å². The topological polar surface area (TPSA) is 75.0 Å². The zero-order valence-electron chi connectivity index (χ0n) is 19.1. The van der Waals surface area contributed by atoms with Gasteiger partial charge in [-0.1, -0.05) is 0 Å². The van der Waals surface area contributed by atoms with E-state index >= 15 is 0 Å². The summed E-state index contributed by atoms with van der Waals surface area (Å²) in [6.45, 7) is 2.47. The summed E-state index contributed by atoms with van der Waals surface area (Å²) in [5, 5.41) is 0. The molecule has 0 unspecified atom stereocenters. The predicted octanol–water partition coefficient (Wildman–Crippen LogP) is 3.57. The Bertz CT molecular complexity index is 1210. The minimum atomic E-state index is -0.463. The van der Waals surface area contributed by atoms with Crippen molar-refractivity contribution in [3.05, 3.63) is 66.1 Å². The van der Waals surface area contributed by atoms with E-state index < -0.39 is 5.60 Å². The molecule has 3 aliphatic heterocycles. The second kappa shape index (κ2) is 8.36. The lowest BCUT2D eigenvalue weighted by Gasteiger charge is -2.44. The molecule has 8 nitrogen and oxygen atoms in total. The van der Waals surface area contributed by atoms with Gasteiger partial charge >= 0.3 is 0 Å². The fraction of sp³-hybridized carbons (Fsp3) is 0.385. The van der Waals surface area contributed by atoms with Gasteiger partial charge in [0.15, 0.2) is 28.7 Å². The number of benzene rings is 1. The third-order valence-electron chi connectivity index (χ3n) is 6.95. The Morgan fingerprint density at radius 2 is 2.03 bits per heavy atom. The van der Waals surface area contributed by atoms with Gasteiger partial charge in [0.1, 0.15) is 6.10 Å². The number of fused-ring (bicyclic) bond motifs is 4. The lowest BCUT2D eigenvalue weighted by Crippen LogP contribution is -2.50. The van der Waals surface area contributed by atoms with Crippen molar-refractivity contribution in [2.75, 3.05) is 33.4 Å². The average molecular weight is 462 g/mol. The minimum absolute atomic E-state index is 0.0165. The third-order valence-corrected chi connectivity index (χ3v) is 6.95. The maximum absolute atomic E-state index is 13.3. The number of carbonyl (C=O) groups is 1. The number of rotatable bonds is 4. The molecule has 1 amide bonds. The molecule has 176 valence electrons. The maximum Gasteiger partial charge on any atom is 0.253 e. The van der Waals surface area contributed by atoms with Crippen molar-refractivity contribution in [2.24, 2.45) is 0 Å².